The first kappa shape index (κ1) is 18.2. The number of aryl methyl sites for hydroxylation is 1. The van der Waals surface area contributed by atoms with Gasteiger partial charge in [-0.15, -0.1) is 0 Å². The van der Waals surface area contributed by atoms with Crippen molar-refractivity contribution < 1.29 is 14.1 Å². The summed E-state index contributed by atoms with van der Waals surface area (Å²) in [7, 11) is 0. The molecule has 1 aliphatic rings. The normalized spacial score (nSPS) is 16.9. The van der Waals surface area contributed by atoms with Crippen molar-refractivity contribution in [3.05, 3.63) is 64.9 Å². The highest BCUT2D eigenvalue weighted by Gasteiger charge is 2.43. The molecule has 2 aromatic carbocycles. The van der Waals surface area contributed by atoms with Gasteiger partial charge in [0.2, 0.25) is 0 Å². The zero-order valence-corrected chi connectivity index (χ0v) is 16.1. The Morgan fingerprint density at radius 2 is 1.75 bits per heavy atom. The zero-order valence-electron chi connectivity index (χ0n) is 15.3. The molecule has 28 heavy (non-hydrogen) atoms. The molecule has 4 rings (SSSR count). The van der Waals surface area contributed by atoms with Crippen LogP contribution in [0.15, 0.2) is 53.1 Å². The summed E-state index contributed by atoms with van der Waals surface area (Å²) in [5.74, 6) is 0.252. The molecule has 0 bridgehead atoms. The Kier molecular flexibility index (Phi) is 4.60. The lowest BCUT2D eigenvalue weighted by Gasteiger charge is -2.19. The van der Waals surface area contributed by atoms with Gasteiger partial charge in [-0.1, -0.05) is 34.5 Å². The Morgan fingerprint density at radius 3 is 2.43 bits per heavy atom. The van der Waals surface area contributed by atoms with Crippen LogP contribution in [0.5, 0.6) is 0 Å². The number of nitrogens with zero attached hydrogens (tertiary/aromatic N) is 4. The van der Waals surface area contributed by atoms with Crippen LogP contribution in [0.3, 0.4) is 0 Å². The van der Waals surface area contributed by atoms with E-state index in [2.05, 4.69) is 10.1 Å². The van der Waals surface area contributed by atoms with Crippen LogP contribution in [0.25, 0.3) is 11.5 Å². The molecule has 0 spiro atoms. The van der Waals surface area contributed by atoms with Crippen LogP contribution in [0.2, 0.25) is 5.02 Å². The van der Waals surface area contributed by atoms with Gasteiger partial charge < -0.3 is 4.52 Å². The molecule has 1 fully saturated rings. The predicted octanol–water partition coefficient (Wildman–Crippen LogP) is 4.06. The minimum absolute atomic E-state index is 0.0541. The molecule has 1 aromatic heterocycles. The fourth-order valence-electron chi connectivity index (χ4n) is 3.08. The van der Waals surface area contributed by atoms with Crippen LogP contribution in [-0.4, -0.2) is 33.0 Å². The van der Waals surface area contributed by atoms with Crippen LogP contribution in [0.1, 0.15) is 18.3 Å². The molecule has 3 aromatic rings. The molecule has 1 aliphatic heterocycles. The lowest BCUT2D eigenvalue weighted by Crippen LogP contribution is -2.33. The number of rotatable bonds is 4. The Morgan fingerprint density at radius 1 is 1.07 bits per heavy atom. The Bertz CT molecular complexity index is 1030. The third kappa shape index (κ3) is 3.25. The van der Waals surface area contributed by atoms with E-state index in [0.29, 0.717) is 22.2 Å². The van der Waals surface area contributed by atoms with Crippen LogP contribution < -0.4 is 4.90 Å². The number of halogens is 1. The Hall–Kier alpha value is -3.19. The molecule has 2 heterocycles. The van der Waals surface area contributed by atoms with Crippen molar-refractivity contribution in [2.75, 3.05) is 4.90 Å². The van der Waals surface area contributed by atoms with Gasteiger partial charge in [0.05, 0.1) is 6.54 Å². The number of aromatic nitrogens is 2. The predicted molar refractivity (Wildman–Crippen MR) is 104 cm³/mol. The highest BCUT2D eigenvalue weighted by molar-refractivity contribution is 6.30. The summed E-state index contributed by atoms with van der Waals surface area (Å²) < 4.78 is 5.26. The first-order chi connectivity index (χ1) is 13.4. The van der Waals surface area contributed by atoms with Gasteiger partial charge in [-0.05, 0) is 50.2 Å². The van der Waals surface area contributed by atoms with Crippen molar-refractivity contribution in [2.24, 2.45) is 0 Å². The molecular formula is C20H17ClN4O3. The number of carbonyl (C=O) groups excluding carboxylic acids is 2. The van der Waals surface area contributed by atoms with Gasteiger partial charge in [0.15, 0.2) is 5.82 Å². The van der Waals surface area contributed by atoms with E-state index in [0.717, 1.165) is 10.5 Å². The van der Waals surface area contributed by atoms with Crippen molar-refractivity contribution in [3.63, 3.8) is 0 Å². The molecule has 8 heteroatoms. The number of carbonyl (C=O) groups is 2. The molecule has 1 atom stereocenters. The maximum Gasteiger partial charge on any atom is 0.332 e. The highest BCUT2D eigenvalue weighted by Crippen LogP contribution is 2.27. The molecule has 7 nitrogen and oxygen atoms in total. The number of hydrogen-bond donors (Lipinski definition) is 0. The average molecular weight is 397 g/mol. The monoisotopic (exact) mass is 396 g/mol. The van der Waals surface area contributed by atoms with Crippen LogP contribution in [0, 0.1) is 6.92 Å². The van der Waals surface area contributed by atoms with Gasteiger partial charge >= 0.3 is 6.03 Å². The van der Waals surface area contributed by atoms with Gasteiger partial charge in [0, 0.05) is 16.3 Å². The lowest BCUT2D eigenvalue weighted by molar-refractivity contribution is -0.127. The fraction of sp³-hybridized carbons (Fsp3) is 0.200. The van der Waals surface area contributed by atoms with E-state index in [1.807, 2.05) is 31.2 Å². The van der Waals surface area contributed by atoms with Gasteiger partial charge in [0.25, 0.3) is 11.8 Å². The standard InChI is InChI=1S/C20H17ClN4O3/c1-12-3-9-16(10-4-12)25-13(2)19(26)24(20(25)27)11-17-22-18(28-23-17)14-5-7-15(21)8-6-14/h3-10,13H,11H2,1-2H3/t13-/m1/s1. The quantitative estimate of drug-likeness (QED) is 0.621. The van der Waals surface area contributed by atoms with E-state index in [9.17, 15) is 9.59 Å². The third-order valence-electron chi connectivity index (χ3n) is 4.62. The van der Waals surface area contributed by atoms with Crippen molar-refractivity contribution >= 4 is 29.2 Å². The topological polar surface area (TPSA) is 79.5 Å². The van der Waals surface area contributed by atoms with Crippen LogP contribution >= 0.6 is 11.6 Å². The van der Waals surface area contributed by atoms with Crippen molar-refractivity contribution in [1.82, 2.24) is 15.0 Å². The summed E-state index contributed by atoms with van der Waals surface area (Å²) >= 11 is 5.88. The van der Waals surface area contributed by atoms with E-state index < -0.39 is 12.1 Å². The highest BCUT2D eigenvalue weighted by atomic mass is 35.5. The largest absolute Gasteiger partial charge is 0.334 e. The van der Waals surface area contributed by atoms with Crippen LogP contribution in [-0.2, 0) is 11.3 Å². The molecule has 0 N–H and O–H groups in total. The first-order valence-corrected chi connectivity index (χ1v) is 9.11. The first-order valence-electron chi connectivity index (χ1n) is 8.74. The van der Waals surface area contributed by atoms with E-state index in [1.165, 1.54) is 4.90 Å². The number of urea groups is 1. The van der Waals surface area contributed by atoms with Crippen molar-refractivity contribution in [3.8, 4) is 11.5 Å². The molecule has 0 unspecified atom stereocenters. The van der Waals surface area contributed by atoms with Crippen LogP contribution in [0.4, 0.5) is 10.5 Å². The number of imide groups is 1. The summed E-state index contributed by atoms with van der Waals surface area (Å²) in [6, 6.07) is 13.4. The zero-order chi connectivity index (χ0) is 19.8. The van der Waals surface area contributed by atoms with Gasteiger partial charge in [-0.3, -0.25) is 14.6 Å². The summed E-state index contributed by atoms with van der Waals surface area (Å²) in [6.45, 7) is 3.61. The second-order valence-corrected chi connectivity index (χ2v) is 7.05. The average Bonchev–Trinajstić information content (AvgIpc) is 3.23. The van der Waals surface area contributed by atoms with Gasteiger partial charge in [-0.25, -0.2) is 4.79 Å². The third-order valence-corrected chi connectivity index (χ3v) is 4.87. The minimum Gasteiger partial charge on any atom is -0.334 e. The smallest absolute Gasteiger partial charge is 0.332 e. The maximum atomic E-state index is 12.9. The van der Waals surface area contributed by atoms with E-state index in [-0.39, 0.29) is 18.3 Å². The van der Waals surface area contributed by atoms with E-state index in [4.69, 9.17) is 16.1 Å². The van der Waals surface area contributed by atoms with Crippen molar-refractivity contribution in [2.45, 2.75) is 26.4 Å². The molecule has 0 saturated carbocycles. The molecule has 1 saturated heterocycles. The summed E-state index contributed by atoms with van der Waals surface area (Å²) in [4.78, 5) is 32.4. The molecule has 3 amide bonds. The maximum absolute atomic E-state index is 12.9. The molecule has 0 radical (unpaired) electrons. The summed E-state index contributed by atoms with van der Waals surface area (Å²) in [5.41, 5.74) is 2.46. The summed E-state index contributed by atoms with van der Waals surface area (Å²) in [5, 5.41) is 4.50. The minimum atomic E-state index is -0.599. The Labute approximate surface area is 166 Å². The lowest BCUT2D eigenvalue weighted by atomic mass is 10.2. The number of hydrogen-bond acceptors (Lipinski definition) is 5. The van der Waals surface area contributed by atoms with Gasteiger partial charge in [-0.2, -0.15) is 4.98 Å². The second-order valence-electron chi connectivity index (χ2n) is 6.61. The van der Waals surface area contributed by atoms with Crippen molar-refractivity contribution in [1.29, 1.82) is 0 Å². The molecule has 0 aliphatic carbocycles. The molecular weight excluding hydrogens is 380 g/mol. The van der Waals surface area contributed by atoms with E-state index >= 15 is 0 Å². The number of amides is 3. The second kappa shape index (κ2) is 7.09. The van der Waals surface area contributed by atoms with Gasteiger partial charge in [0.1, 0.15) is 6.04 Å². The summed E-state index contributed by atoms with van der Waals surface area (Å²) in [6.07, 6.45) is 0. The number of anilines is 1. The fourth-order valence-corrected chi connectivity index (χ4v) is 3.21. The van der Waals surface area contributed by atoms with E-state index in [1.54, 1.807) is 31.2 Å². The molecule has 142 valence electrons. The SMILES string of the molecule is Cc1ccc(N2C(=O)N(Cc3noc(-c4ccc(Cl)cc4)n3)C(=O)[C@H]2C)cc1. The Balaban J connectivity index is 1.55. The number of benzene rings is 2.